The van der Waals surface area contributed by atoms with Gasteiger partial charge in [0.05, 0.1) is 18.7 Å². The van der Waals surface area contributed by atoms with Crippen molar-refractivity contribution in [2.75, 3.05) is 33.3 Å². The van der Waals surface area contributed by atoms with Gasteiger partial charge in [0.1, 0.15) is 11.8 Å². The van der Waals surface area contributed by atoms with E-state index in [1.54, 1.807) is 29.2 Å². The van der Waals surface area contributed by atoms with Crippen molar-refractivity contribution < 1.29 is 19.1 Å². The smallest absolute Gasteiger partial charge is 0.255 e. The molecule has 1 aliphatic heterocycles. The molecular formula is C23H34N4O4. The summed E-state index contributed by atoms with van der Waals surface area (Å²) < 4.78 is 5.27. The molecule has 1 saturated carbocycles. The Bertz CT molecular complexity index is 801. The van der Waals surface area contributed by atoms with Crippen LogP contribution in [0.3, 0.4) is 0 Å². The SMILES string of the molecule is COc1ccccc1C(=O)NC(C(=O)N1CCN(C(C)C(=O)NC2CC2)CC1)C(C)C. The number of para-hydroxylation sites is 1. The van der Waals surface area contributed by atoms with Crippen LogP contribution in [0.15, 0.2) is 24.3 Å². The molecule has 0 radical (unpaired) electrons. The van der Waals surface area contributed by atoms with Gasteiger partial charge >= 0.3 is 0 Å². The minimum Gasteiger partial charge on any atom is -0.496 e. The van der Waals surface area contributed by atoms with E-state index in [4.69, 9.17) is 4.74 Å². The average Bonchev–Trinajstić information content (AvgIpc) is 3.60. The van der Waals surface area contributed by atoms with Crippen molar-refractivity contribution in [1.82, 2.24) is 20.4 Å². The third-order valence-electron chi connectivity index (χ3n) is 6.05. The number of piperazine rings is 1. The van der Waals surface area contributed by atoms with E-state index >= 15 is 0 Å². The van der Waals surface area contributed by atoms with E-state index in [0.29, 0.717) is 43.5 Å². The van der Waals surface area contributed by atoms with E-state index in [1.807, 2.05) is 20.8 Å². The lowest BCUT2D eigenvalue weighted by Gasteiger charge is -2.39. The average molecular weight is 431 g/mol. The number of hydrogen-bond donors (Lipinski definition) is 2. The Labute approximate surface area is 184 Å². The monoisotopic (exact) mass is 430 g/mol. The van der Waals surface area contributed by atoms with Crippen LogP contribution in [0.25, 0.3) is 0 Å². The molecule has 2 unspecified atom stereocenters. The molecule has 0 bridgehead atoms. The van der Waals surface area contributed by atoms with E-state index in [2.05, 4.69) is 15.5 Å². The number of nitrogens with one attached hydrogen (secondary N) is 2. The first kappa shape index (κ1) is 23.1. The zero-order chi connectivity index (χ0) is 22.5. The Morgan fingerprint density at radius 3 is 2.26 bits per heavy atom. The zero-order valence-electron chi connectivity index (χ0n) is 18.9. The number of carbonyl (C=O) groups is 3. The standard InChI is InChI=1S/C23H34N4O4/c1-15(2)20(25-22(29)18-7-5-6-8-19(18)31-4)23(30)27-13-11-26(12-14-27)16(3)21(28)24-17-9-10-17/h5-8,15-17,20H,9-14H2,1-4H3,(H,24,28)(H,25,29). The Morgan fingerprint density at radius 1 is 1.03 bits per heavy atom. The summed E-state index contributed by atoms with van der Waals surface area (Å²) in [7, 11) is 1.52. The molecule has 1 saturated heterocycles. The van der Waals surface area contributed by atoms with E-state index in [-0.39, 0.29) is 29.7 Å². The van der Waals surface area contributed by atoms with Gasteiger partial charge in [-0.15, -0.1) is 0 Å². The largest absolute Gasteiger partial charge is 0.496 e. The second kappa shape index (κ2) is 10.1. The normalized spacial score (nSPS) is 18.9. The zero-order valence-corrected chi connectivity index (χ0v) is 18.9. The van der Waals surface area contributed by atoms with Gasteiger partial charge in [0.15, 0.2) is 0 Å². The molecule has 1 heterocycles. The van der Waals surface area contributed by atoms with Crippen molar-refractivity contribution in [2.24, 2.45) is 5.92 Å². The number of nitrogens with zero attached hydrogens (tertiary/aromatic N) is 2. The summed E-state index contributed by atoms with van der Waals surface area (Å²) in [5, 5.41) is 5.94. The highest BCUT2D eigenvalue weighted by molar-refractivity contribution is 5.99. The lowest BCUT2D eigenvalue weighted by molar-refractivity contribution is -0.137. The summed E-state index contributed by atoms with van der Waals surface area (Å²) in [5.74, 6) is 0.0577. The molecule has 170 valence electrons. The van der Waals surface area contributed by atoms with Crippen molar-refractivity contribution >= 4 is 17.7 Å². The quantitative estimate of drug-likeness (QED) is 0.648. The molecule has 0 aromatic heterocycles. The molecular weight excluding hydrogens is 396 g/mol. The summed E-state index contributed by atoms with van der Waals surface area (Å²) in [6.45, 7) is 8.10. The van der Waals surface area contributed by atoms with Crippen LogP contribution in [0.1, 0.15) is 44.0 Å². The van der Waals surface area contributed by atoms with E-state index in [9.17, 15) is 14.4 Å². The van der Waals surface area contributed by atoms with Crippen LogP contribution in [0.4, 0.5) is 0 Å². The highest BCUT2D eigenvalue weighted by Crippen LogP contribution is 2.20. The minimum absolute atomic E-state index is 0.0615. The molecule has 3 rings (SSSR count). The number of carbonyl (C=O) groups excluding carboxylic acids is 3. The Balaban J connectivity index is 1.58. The van der Waals surface area contributed by atoms with Crippen LogP contribution in [0, 0.1) is 5.92 Å². The molecule has 1 aromatic carbocycles. The van der Waals surface area contributed by atoms with Crippen LogP contribution in [0.2, 0.25) is 0 Å². The van der Waals surface area contributed by atoms with Crippen molar-refractivity contribution in [1.29, 1.82) is 0 Å². The number of amides is 3. The topological polar surface area (TPSA) is 91.0 Å². The minimum atomic E-state index is -0.625. The van der Waals surface area contributed by atoms with Gasteiger partial charge in [0, 0.05) is 32.2 Å². The Morgan fingerprint density at radius 2 is 1.68 bits per heavy atom. The van der Waals surface area contributed by atoms with Crippen LogP contribution < -0.4 is 15.4 Å². The summed E-state index contributed by atoms with van der Waals surface area (Å²) in [6, 6.07) is 6.49. The molecule has 2 fully saturated rings. The summed E-state index contributed by atoms with van der Waals surface area (Å²) in [4.78, 5) is 42.2. The second-order valence-electron chi connectivity index (χ2n) is 8.72. The fourth-order valence-corrected chi connectivity index (χ4v) is 3.81. The second-order valence-corrected chi connectivity index (χ2v) is 8.72. The first-order valence-corrected chi connectivity index (χ1v) is 11.1. The highest BCUT2D eigenvalue weighted by atomic mass is 16.5. The van der Waals surface area contributed by atoms with Gasteiger partial charge in [-0.2, -0.15) is 0 Å². The van der Waals surface area contributed by atoms with Gasteiger partial charge in [0.25, 0.3) is 5.91 Å². The first-order chi connectivity index (χ1) is 14.8. The van der Waals surface area contributed by atoms with Crippen LogP contribution in [-0.4, -0.2) is 78.9 Å². The molecule has 8 nitrogen and oxygen atoms in total. The predicted octanol–water partition coefficient (Wildman–Crippen LogP) is 1.26. The molecule has 1 aromatic rings. The Hall–Kier alpha value is -2.61. The number of ether oxygens (including phenoxy) is 1. The summed E-state index contributed by atoms with van der Waals surface area (Å²) in [5.41, 5.74) is 0.406. The first-order valence-electron chi connectivity index (χ1n) is 11.1. The molecule has 2 aliphatic rings. The van der Waals surface area contributed by atoms with Crippen molar-refractivity contribution in [3.8, 4) is 5.75 Å². The van der Waals surface area contributed by atoms with Crippen LogP contribution in [-0.2, 0) is 9.59 Å². The molecule has 8 heteroatoms. The van der Waals surface area contributed by atoms with E-state index in [0.717, 1.165) is 12.8 Å². The van der Waals surface area contributed by atoms with Crippen molar-refractivity contribution in [3.05, 3.63) is 29.8 Å². The van der Waals surface area contributed by atoms with Gasteiger partial charge in [0.2, 0.25) is 11.8 Å². The van der Waals surface area contributed by atoms with E-state index in [1.165, 1.54) is 7.11 Å². The highest BCUT2D eigenvalue weighted by Gasteiger charge is 2.34. The molecule has 3 amide bonds. The lowest BCUT2D eigenvalue weighted by Crippen LogP contribution is -2.59. The van der Waals surface area contributed by atoms with Crippen LogP contribution >= 0.6 is 0 Å². The molecule has 0 spiro atoms. The van der Waals surface area contributed by atoms with Crippen LogP contribution in [0.5, 0.6) is 5.75 Å². The number of benzene rings is 1. The summed E-state index contributed by atoms with van der Waals surface area (Å²) in [6.07, 6.45) is 2.13. The molecule has 31 heavy (non-hydrogen) atoms. The fraction of sp³-hybridized carbons (Fsp3) is 0.609. The van der Waals surface area contributed by atoms with Crippen molar-refractivity contribution in [2.45, 2.75) is 51.7 Å². The number of methoxy groups -OCH3 is 1. The number of rotatable bonds is 8. The summed E-state index contributed by atoms with van der Waals surface area (Å²) >= 11 is 0. The maximum absolute atomic E-state index is 13.2. The van der Waals surface area contributed by atoms with Gasteiger partial charge < -0.3 is 20.3 Å². The third kappa shape index (κ3) is 5.76. The van der Waals surface area contributed by atoms with Gasteiger partial charge in [-0.3, -0.25) is 19.3 Å². The van der Waals surface area contributed by atoms with Crippen molar-refractivity contribution in [3.63, 3.8) is 0 Å². The molecule has 2 N–H and O–H groups in total. The predicted molar refractivity (Wildman–Crippen MR) is 118 cm³/mol. The van der Waals surface area contributed by atoms with Gasteiger partial charge in [-0.05, 0) is 37.8 Å². The molecule has 2 atom stereocenters. The lowest BCUT2D eigenvalue weighted by atomic mass is 10.0. The fourth-order valence-electron chi connectivity index (χ4n) is 3.81. The molecule has 1 aliphatic carbocycles. The Kier molecular flexibility index (Phi) is 7.54. The maximum atomic E-state index is 13.2. The van der Waals surface area contributed by atoms with Gasteiger partial charge in [-0.25, -0.2) is 0 Å². The third-order valence-corrected chi connectivity index (χ3v) is 6.05. The maximum Gasteiger partial charge on any atom is 0.255 e. The van der Waals surface area contributed by atoms with Gasteiger partial charge in [-0.1, -0.05) is 26.0 Å². The number of hydrogen-bond acceptors (Lipinski definition) is 5. The van der Waals surface area contributed by atoms with E-state index < -0.39 is 6.04 Å².